The molecular weight excluding hydrogens is 336 g/mol. The zero-order chi connectivity index (χ0) is 17.0. The summed E-state index contributed by atoms with van der Waals surface area (Å²) < 4.78 is 27.2. The summed E-state index contributed by atoms with van der Waals surface area (Å²) >= 11 is 1.26. The smallest absolute Gasteiger partial charge is 0.252 e. The predicted molar refractivity (Wildman–Crippen MR) is 89.9 cm³/mol. The third-order valence-corrected chi connectivity index (χ3v) is 7.44. The number of aryl methyl sites for hydroxylation is 1. The molecule has 1 unspecified atom stereocenters. The molecule has 2 heterocycles. The van der Waals surface area contributed by atoms with E-state index in [9.17, 15) is 13.2 Å². The number of piperidine rings is 1. The van der Waals surface area contributed by atoms with Gasteiger partial charge in [-0.2, -0.15) is 4.31 Å². The minimum absolute atomic E-state index is 0.0659. The molecule has 1 aliphatic heterocycles. The number of carbonyl (C=O) groups is 1. The Kier molecular flexibility index (Phi) is 6.19. The predicted octanol–water partition coefficient (Wildman–Crippen LogP) is 1.30. The number of nitrogens with zero attached hydrogens (tertiary/aromatic N) is 2. The lowest BCUT2D eigenvalue weighted by atomic mass is 9.98. The molecule has 1 fully saturated rings. The molecule has 0 aliphatic carbocycles. The van der Waals surface area contributed by atoms with Crippen molar-refractivity contribution in [3.63, 3.8) is 0 Å². The molecule has 0 bridgehead atoms. The van der Waals surface area contributed by atoms with Crippen LogP contribution in [-0.4, -0.2) is 61.4 Å². The number of sulfonamides is 1. The van der Waals surface area contributed by atoms with E-state index in [0.717, 1.165) is 4.88 Å². The van der Waals surface area contributed by atoms with Crippen LogP contribution >= 0.6 is 11.3 Å². The number of carbonyl (C=O) groups excluding carboxylic acids is 1. The van der Waals surface area contributed by atoms with Crippen molar-refractivity contribution in [2.45, 2.75) is 30.9 Å². The van der Waals surface area contributed by atoms with Gasteiger partial charge in [-0.25, -0.2) is 8.42 Å². The number of aliphatic hydroxyl groups excluding tert-OH is 1. The van der Waals surface area contributed by atoms with Gasteiger partial charge in [0.15, 0.2) is 0 Å². The second-order valence-corrected chi connectivity index (χ2v) is 9.16. The molecule has 6 nitrogen and oxygen atoms in total. The number of rotatable bonds is 6. The van der Waals surface area contributed by atoms with Crippen LogP contribution in [0, 0.1) is 12.8 Å². The average molecular weight is 361 g/mol. The molecule has 130 valence electrons. The minimum atomic E-state index is -3.52. The highest BCUT2D eigenvalue weighted by Crippen LogP contribution is 2.28. The van der Waals surface area contributed by atoms with Crippen molar-refractivity contribution in [2.24, 2.45) is 5.92 Å². The van der Waals surface area contributed by atoms with Crippen LogP contribution in [0.1, 0.15) is 24.6 Å². The van der Waals surface area contributed by atoms with E-state index in [0.29, 0.717) is 36.7 Å². The molecule has 1 saturated heterocycles. The third-order valence-electron chi connectivity index (χ3n) is 4.11. The summed E-state index contributed by atoms with van der Waals surface area (Å²) in [5, 5.41) is 9.05. The first-order chi connectivity index (χ1) is 10.9. The van der Waals surface area contributed by atoms with Crippen molar-refractivity contribution in [1.82, 2.24) is 9.21 Å². The maximum atomic E-state index is 12.7. The molecule has 1 aliphatic rings. The molecule has 1 amide bonds. The largest absolute Gasteiger partial charge is 0.395 e. The van der Waals surface area contributed by atoms with E-state index in [4.69, 9.17) is 5.11 Å². The minimum Gasteiger partial charge on any atom is -0.395 e. The van der Waals surface area contributed by atoms with Gasteiger partial charge in [0, 0.05) is 31.1 Å². The van der Waals surface area contributed by atoms with E-state index in [1.165, 1.54) is 15.6 Å². The van der Waals surface area contributed by atoms with Gasteiger partial charge in [0.2, 0.25) is 5.91 Å². The molecule has 0 aromatic carbocycles. The summed E-state index contributed by atoms with van der Waals surface area (Å²) in [5.74, 6) is -0.394. The molecule has 1 N–H and O–H groups in total. The first kappa shape index (κ1) is 18.4. The summed E-state index contributed by atoms with van der Waals surface area (Å²) in [7, 11) is -3.52. The van der Waals surface area contributed by atoms with Crippen LogP contribution in [0.25, 0.3) is 0 Å². The lowest BCUT2D eigenvalue weighted by Crippen LogP contribution is -2.47. The Morgan fingerprint density at radius 1 is 1.48 bits per heavy atom. The second-order valence-electron chi connectivity index (χ2n) is 5.71. The van der Waals surface area contributed by atoms with Crippen molar-refractivity contribution in [3.8, 4) is 0 Å². The van der Waals surface area contributed by atoms with Gasteiger partial charge in [0.05, 0.1) is 12.5 Å². The van der Waals surface area contributed by atoms with Gasteiger partial charge in [0.25, 0.3) is 10.0 Å². The number of likely N-dealkylation sites (N-methyl/N-ethyl adjacent to an activating group) is 1. The quantitative estimate of drug-likeness (QED) is 0.829. The average Bonchev–Trinajstić information content (AvgIpc) is 2.99. The fourth-order valence-corrected chi connectivity index (χ4v) is 5.80. The molecular formula is C15H24N2O4S2. The van der Waals surface area contributed by atoms with E-state index in [2.05, 4.69) is 0 Å². The van der Waals surface area contributed by atoms with Crippen LogP contribution in [0.4, 0.5) is 0 Å². The van der Waals surface area contributed by atoms with E-state index in [1.807, 2.05) is 13.8 Å². The summed E-state index contributed by atoms with van der Waals surface area (Å²) in [5.41, 5.74) is 0. The van der Waals surface area contributed by atoms with Gasteiger partial charge >= 0.3 is 0 Å². The summed E-state index contributed by atoms with van der Waals surface area (Å²) in [6.07, 6.45) is 1.37. The second kappa shape index (κ2) is 7.74. The number of hydrogen-bond donors (Lipinski definition) is 1. The normalized spacial score (nSPS) is 19.7. The Morgan fingerprint density at radius 3 is 2.78 bits per heavy atom. The number of hydrogen-bond acceptors (Lipinski definition) is 5. The molecule has 0 radical (unpaired) electrons. The fraction of sp³-hybridized carbons (Fsp3) is 0.667. The van der Waals surface area contributed by atoms with E-state index < -0.39 is 10.0 Å². The topological polar surface area (TPSA) is 77.9 Å². The van der Waals surface area contributed by atoms with E-state index >= 15 is 0 Å². The lowest BCUT2D eigenvalue weighted by Gasteiger charge is -2.33. The number of thiophene rings is 1. The Labute approximate surface area is 141 Å². The number of amides is 1. The first-order valence-corrected chi connectivity index (χ1v) is 10.1. The fourth-order valence-electron chi connectivity index (χ4n) is 2.84. The molecule has 1 atom stereocenters. The van der Waals surface area contributed by atoms with Gasteiger partial charge < -0.3 is 10.0 Å². The summed E-state index contributed by atoms with van der Waals surface area (Å²) in [4.78, 5) is 15.1. The zero-order valence-electron chi connectivity index (χ0n) is 13.6. The monoisotopic (exact) mass is 360 g/mol. The van der Waals surface area contributed by atoms with Gasteiger partial charge in [0.1, 0.15) is 4.21 Å². The molecule has 23 heavy (non-hydrogen) atoms. The van der Waals surface area contributed by atoms with Gasteiger partial charge in [-0.3, -0.25) is 4.79 Å². The molecule has 0 saturated carbocycles. The Bertz CT molecular complexity index is 642. The molecule has 1 aromatic rings. The molecule has 8 heteroatoms. The summed E-state index contributed by atoms with van der Waals surface area (Å²) in [6, 6.07) is 3.43. The number of aliphatic hydroxyl groups is 1. The van der Waals surface area contributed by atoms with Gasteiger partial charge in [-0.05, 0) is 38.8 Å². The van der Waals surface area contributed by atoms with Crippen LogP contribution in [-0.2, 0) is 14.8 Å². The van der Waals surface area contributed by atoms with Gasteiger partial charge in [-0.1, -0.05) is 0 Å². The van der Waals surface area contributed by atoms with Crippen LogP contribution in [0.2, 0.25) is 0 Å². The van der Waals surface area contributed by atoms with E-state index in [1.54, 1.807) is 17.0 Å². The molecule has 1 aromatic heterocycles. The van der Waals surface area contributed by atoms with Crippen LogP contribution in [0.15, 0.2) is 16.3 Å². The standard InChI is InChI=1S/C15H24N2O4S2/c1-3-16(9-10-18)15(19)13-5-4-8-17(11-13)23(20,21)14-7-6-12(2)22-14/h6-7,13,18H,3-5,8-11H2,1-2H3. The highest BCUT2D eigenvalue weighted by molar-refractivity contribution is 7.91. The van der Waals surface area contributed by atoms with Crippen molar-refractivity contribution in [2.75, 3.05) is 32.8 Å². The zero-order valence-corrected chi connectivity index (χ0v) is 15.2. The van der Waals surface area contributed by atoms with Crippen molar-refractivity contribution in [3.05, 3.63) is 17.0 Å². The first-order valence-electron chi connectivity index (χ1n) is 7.86. The van der Waals surface area contributed by atoms with Crippen LogP contribution < -0.4 is 0 Å². The molecule has 2 rings (SSSR count). The maximum Gasteiger partial charge on any atom is 0.252 e. The van der Waals surface area contributed by atoms with Crippen molar-refractivity contribution >= 4 is 27.3 Å². The maximum absolute atomic E-state index is 12.7. The Morgan fingerprint density at radius 2 is 2.22 bits per heavy atom. The highest BCUT2D eigenvalue weighted by Gasteiger charge is 2.35. The highest BCUT2D eigenvalue weighted by atomic mass is 32.2. The SMILES string of the molecule is CCN(CCO)C(=O)C1CCCN(S(=O)(=O)c2ccc(C)s2)C1. The third kappa shape index (κ3) is 4.12. The summed E-state index contributed by atoms with van der Waals surface area (Å²) in [6.45, 7) is 5.15. The van der Waals surface area contributed by atoms with Crippen molar-refractivity contribution in [1.29, 1.82) is 0 Å². The van der Waals surface area contributed by atoms with Crippen LogP contribution in [0.5, 0.6) is 0 Å². The van der Waals surface area contributed by atoms with Crippen LogP contribution in [0.3, 0.4) is 0 Å². The molecule has 0 spiro atoms. The Hall–Kier alpha value is -0.960. The van der Waals surface area contributed by atoms with Gasteiger partial charge in [-0.15, -0.1) is 11.3 Å². The lowest BCUT2D eigenvalue weighted by molar-refractivity contribution is -0.137. The Balaban J connectivity index is 2.13. The van der Waals surface area contributed by atoms with Crippen molar-refractivity contribution < 1.29 is 18.3 Å². The van der Waals surface area contributed by atoms with E-state index in [-0.39, 0.29) is 25.0 Å².